The number of hydrogen-bond acceptors (Lipinski definition) is 13. The topological polar surface area (TPSA) is 211 Å². The number of aryl methyl sites for hydroxylation is 8. The van der Waals surface area contributed by atoms with Crippen LogP contribution < -0.4 is 0 Å². The monoisotopic (exact) mass is 1770 g/mol. The van der Waals surface area contributed by atoms with Gasteiger partial charge in [0.25, 0.3) is 0 Å². The molecular formula is C82H80F3Ir2N7O7S-4. The van der Waals surface area contributed by atoms with Gasteiger partial charge in [0.2, 0.25) is 11.4 Å². The first-order valence-corrected chi connectivity index (χ1v) is 31.7. The zero-order valence-electron chi connectivity index (χ0n) is 73.4. The maximum absolute atomic E-state index is 10.7. The quantitative estimate of drug-likeness (QED) is 0.0770. The van der Waals surface area contributed by atoms with Gasteiger partial charge in [-0.2, -0.15) is 21.6 Å². The second-order valence-electron chi connectivity index (χ2n) is 21.6. The van der Waals surface area contributed by atoms with Crippen molar-refractivity contribution in [2.75, 3.05) is 14.2 Å². The van der Waals surface area contributed by atoms with Crippen LogP contribution in [-0.4, -0.2) is 77.8 Å². The van der Waals surface area contributed by atoms with Crippen molar-refractivity contribution in [2.24, 2.45) is 0 Å². The molecule has 2 radical (unpaired) electrons. The van der Waals surface area contributed by atoms with Crippen molar-refractivity contribution in [3.8, 4) is 56.3 Å². The Labute approximate surface area is 646 Å². The number of furan rings is 2. The summed E-state index contributed by atoms with van der Waals surface area (Å²) in [7, 11) is -3.84. The van der Waals surface area contributed by atoms with Crippen molar-refractivity contribution in [1.29, 1.82) is 0 Å². The van der Waals surface area contributed by atoms with Gasteiger partial charge in [-0.15, -0.1) is 126 Å². The summed E-state index contributed by atoms with van der Waals surface area (Å²) in [5.74, 6) is -3.86. The predicted octanol–water partition coefficient (Wildman–Crippen LogP) is 19.9. The standard InChI is InChI=1S/C20H18N2O.C20H17N2O.3C13H12N.CHF3O3S.2CH4O.2Ir/c2*1-12(2)17-11-22-18(10-13(17)3)16-7-4-6-14-15-8-5-9-21-20(15)23-19(14)16;3*1-10-8-13(14-9-11(10)2)12-6-4-3-5-7-12;2-1(3,4)8(5,6)7;2*1-2;;/h4-12H,1-3H3;4-6,8-12H,1-3H3;3*3-6,8-9H,1-2H3;(H,5,6,7);2*2H,1H3;;/q;4*-1;;;;;/i1D3,12D;1D3,3D3,12D;2*2D3;;;;;;. The van der Waals surface area contributed by atoms with Crippen LogP contribution in [0.5, 0.6) is 0 Å². The van der Waals surface area contributed by atoms with Crippen LogP contribution >= 0.6 is 0 Å². The van der Waals surface area contributed by atoms with E-state index >= 15 is 0 Å². The fourth-order valence-corrected chi connectivity index (χ4v) is 9.42. The Bertz CT molecular complexity index is 5730. The van der Waals surface area contributed by atoms with Crippen molar-refractivity contribution in [2.45, 2.75) is 100 Å². The van der Waals surface area contributed by atoms with E-state index in [1.165, 1.54) is 49.6 Å². The second kappa shape index (κ2) is 39.2. The number of para-hydroxylation sites is 1. The van der Waals surface area contributed by atoms with Crippen LogP contribution in [0.1, 0.15) is 118 Å². The normalized spacial score (nSPS) is 14.9. The molecule has 0 bridgehead atoms. The Kier molecular flexibility index (Phi) is 23.2. The largest absolute Gasteiger partial charge is 0.522 e. The predicted molar refractivity (Wildman–Crippen MR) is 394 cm³/mol. The molecule has 0 saturated heterocycles. The molecule has 102 heavy (non-hydrogen) atoms. The van der Waals surface area contributed by atoms with E-state index in [9.17, 15) is 13.2 Å². The first kappa shape index (κ1) is 60.3. The van der Waals surface area contributed by atoms with Gasteiger partial charge in [0.15, 0.2) is 0 Å². The van der Waals surface area contributed by atoms with Crippen molar-refractivity contribution in [1.82, 2.24) is 34.9 Å². The summed E-state index contributed by atoms with van der Waals surface area (Å²) in [5.41, 5.74) is 9.31. The van der Waals surface area contributed by atoms with Crippen LogP contribution in [0.25, 0.3) is 100 Å². The molecule has 2 atom stereocenters. The van der Waals surface area contributed by atoms with E-state index in [0.29, 0.717) is 56.1 Å². The minimum atomic E-state index is -5.84. The second-order valence-corrected chi connectivity index (χ2v) is 23.0. The molecule has 9 heterocycles. The summed E-state index contributed by atoms with van der Waals surface area (Å²) in [6, 6.07) is 60.8. The van der Waals surface area contributed by atoms with Crippen molar-refractivity contribution in [3.05, 3.63) is 281 Å². The van der Waals surface area contributed by atoms with E-state index in [2.05, 4.69) is 79.1 Å². The fourth-order valence-electron chi connectivity index (χ4n) is 9.42. The number of nitrogens with zero attached hydrogens (tertiary/aromatic N) is 7. The van der Waals surface area contributed by atoms with Gasteiger partial charge >= 0.3 is 15.6 Å². The fraction of sp³-hybridized carbons (Fsp3) is 0.207. The summed E-state index contributed by atoms with van der Waals surface area (Å²) < 4.78 is 200. The molecule has 0 aliphatic heterocycles. The third kappa shape index (κ3) is 21.8. The Balaban J connectivity index is 0.000000261. The minimum absolute atomic E-state index is 0. The first-order valence-electron chi connectivity index (χ1n) is 38.7. The Morgan fingerprint density at radius 1 is 0.441 bits per heavy atom. The molecule has 0 aliphatic rings. The van der Waals surface area contributed by atoms with Gasteiger partial charge in [0.05, 0.1) is 11.3 Å². The van der Waals surface area contributed by atoms with Gasteiger partial charge in [-0.25, -0.2) is 9.97 Å². The van der Waals surface area contributed by atoms with Gasteiger partial charge in [-0.05, 0) is 160 Å². The molecule has 14 aromatic rings. The number of rotatable bonds is 7. The summed E-state index contributed by atoms with van der Waals surface area (Å²) in [4.78, 5) is 30.0. The zero-order chi connectivity index (χ0) is 87.2. The Morgan fingerprint density at radius 3 is 1.25 bits per heavy atom. The van der Waals surface area contributed by atoms with Crippen LogP contribution in [-0.2, 0) is 50.3 Å². The molecule has 0 spiro atoms. The van der Waals surface area contributed by atoms with E-state index in [1.807, 2.05) is 128 Å². The van der Waals surface area contributed by atoms with Crippen LogP contribution in [0, 0.1) is 79.4 Å². The molecular weight excluding hydrogens is 1670 g/mol. The number of hydrogen-bond donors (Lipinski definition) is 3. The third-order valence-corrected chi connectivity index (χ3v) is 15.3. The smallest absolute Gasteiger partial charge is 0.486 e. The van der Waals surface area contributed by atoms with E-state index in [0.717, 1.165) is 92.4 Å². The van der Waals surface area contributed by atoms with E-state index in [-0.39, 0.29) is 57.0 Å². The number of fused-ring (bicyclic) bond motifs is 6. The number of alkyl halides is 3. The van der Waals surface area contributed by atoms with E-state index in [4.69, 9.17) is 55.3 Å². The average molecular weight is 1770 g/mol. The van der Waals surface area contributed by atoms with E-state index < -0.39 is 61.7 Å². The van der Waals surface area contributed by atoms with Crippen LogP contribution in [0.2, 0.25) is 0 Å². The molecule has 2 unspecified atom stereocenters. The van der Waals surface area contributed by atoms with Crippen molar-refractivity contribution in [3.63, 3.8) is 0 Å². The third-order valence-electron chi connectivity index (χ3n) is 14.7. The van der Waals surface area contributed by atoms with Gasteiger partial charge < -0.3 is 39.0 Å². The van der Waals surface area contributed by atoms with Gasteiger partial charge in [-0.3, -0.25) is 9.54 Å². The van der Waals surface area contributed by atoms with E-state index in [1.54, 1.807) is 57.4 Å². The maximum Gasteiger partial charge on any atom is 0.522 e. The van der Waals surface area contributed by atoms with Crippen LogP contribution in [0.3, 0.4) is 0 Å². The zero-order valence-corrected chi connectivity index (χ0v) is 62.0. The molecule has 9 aromatic heterocycles. The van der Waals surface area contributed by atoms with Gasteiger partial charge in [0.1, 0.15) is 5.58 Å². The molecule has 3 N–H and O–H groups in total. The van der Waals surface area contributed by atoms with Gasteiger partial charge in [0, 0.05) is 143 Å². The number of halogens is 3. The average Bonchev–Trinajstić information content (AvgIpc) is 1.67. The molecule has 0 saturated carbocycles. The summed E-state index contributed by atoms with van der Waals surface area (Å²) in [6.07, 6.45) is 10.7. The maximum atomic E-state index is 10.7. The first-order chi connectivity index (χ1) is 54.6. The van der Waals surface area contributed by atoms with Crippen LogP contribution in [0.4, 0.5) is 13.2 Å². The molecule has 0 amide bonds. The van der Waals surface area contributed by atoms with Crippen molar-refractivity contribution < 1.29 is 109 Å². The minimum Gasteiger partial charge on any atom is -0.486 e. The molecule has 5 aromatic carbocycles. The molecule has 14 rings (SSSR count). The Hall–Kier alpha value is -9.33. The summed E-state index contributed by atoms with van der Waals surface area (Å²) >= 11 is 0. The number of pyridine rings is 7. The van der Waals surface area contributed by atoms with Crippen LogP contribution in [0.15, 0.2) is 210 Å². The SMILES string of the molecule is CO.CO.Cc1cnc(-c2[c-]cccc2)cc1C.O=S(=O)(O)C(F)(F)F.[2H]C([2H])([2H])C([2H])(C)c1cnc(-c2cccc3c2oc2ncccc23)cc1C.[2H]C([2H])([2H])c1cc(-c2[c-]ccc3c2oc2ncccc23)ncc1C([2H])(C)C([2H])([2H])[2H].[2H]C([2H])([2H])c1cnc(-c2[c-]cccc2)cc1C.[2H]C([2H])([2H])c1cnc(-c2[c-]cccc2)cc1C.[Ir].[Ir]. The number of benzene rings is 5. The van der Waals surface area contributed by atoms with Crippen molar-refractivity contribution >= 4 is 54.3 Å². The molecule has 534 valence electrons. The Morgan fingerprint density at radius 2 is 0.833 bits per heavy atom. The molecule has 0 aliphatic carbocycles. The molecule has 0 fully saturated rings. The summed E-state index contributed by atoms with van der Waals surface area (Å²) in [6.45, 7) is 0.113. The number of aliphatic hydroxyl groups excluding tert-OH is 2. The number of aromatic nitrogens is 7. The summed E-state index contributed by atoms with van der Waals surface area (Å²) in [5, 5.41) is 17.5. The molecule has 20 heteroatoms. The van der Waals surface area contributed by atoms with Gasteiger partial charge in [-0.1, -0.05) is 97.2 Å². The number of aliphatic hydroxyl groups is 2. The molecule has 14 nitrogen and oxygen atoms in total.